The third-order valence-electron chi connectivity index (χ3n) is 2.53. The molecule has 0 saturated carbocycles. The second-order valence-corrected chi connectivity index (χ2v) is 3.61. The van der Waals surface area contributed by atoms with Crippen LogP contribution in [0.5, 0.6) is 0 Å². The van der Waals surface area contributed by atoms with Crippen LogP contribution in [-0.4, -0.2) is 17.4 Å². The summed E-state index contributed by atoms with van der Waals surface area (Å²) >= 11 is 0. The van der Waals surface area contributed by atoms with E-state index >= 15 is 0 Å². The molecule has 0 unspecified atom stereocenters. The number of fused-ring (bicyclic) bond motifs is 1. The average Bonchev–Trinajstić information content (AvgIpc) is 2.17. The Morgan fingerprint density at radius 1 is 1.57 bits per heavy atom. The van der Waals surface area contributed by atoms with Crippen LogP contribution >= 0.6 is 0 Å². The normalized spacial score (nSPS) is 15.0. The average molecular weight is 191 g/mol. The van der Waals surface area contributed by atoms with Crippen molar-refractivity contribution in [3.05, 3.63) is 28.6 Å². The van der Waals surface area contributed by atoms with Crippen LogP contribution in [0.25, 0.3) is 0 Å². The fourth-order valence-electron chi connectivity index (χ4n) is 1.75. The van der Waals surface area contributed by atoms with Gasteiger partial charge in [0.1, 0.15) is 5.69 Å². The summed E-state index contributed by atoms with van der Waals surface area (Å²) in [6.45, 7) is 4.86. The number of hydrogen-bond acceptors (Lipinski definition) is 3. The van der Waals surface area contributed by atoms with Crippen molar-refractivity contribution < 1.29 is 9.53 Å². The summed E-state index contributed by atoms with van der Waals surface area (Å²) in [6.07, 6.45) is 0.909. The first kappa shape index (κ1) is 9.34. The highest BCUT2D eigenvalue weighted by Crippen LogP contribution is 2.19. The number of Topliss-reactive ketones (excluding diaryl/α,β-unsaturated/α-hetero) is 1. The molecule has 0 bridgehead atoms. The van der Waals surface area contributed by atoms with Gasteiger partial charge in [-0.3, -0.25) is 4.79 Å². The van der Waals surface area contributed by atoms with E-state index in [2.05, 4.69) is 4.98 Å². The second-order valence-electron chi connectivity index (χ2n) is 3.61. The summed E-state index contributed by atoms with van der Waals surface area (Å²) in [5.74, 6) is 0.0153. The van der Waals surface area contributed by atoms with Crippen molar-refractivity contribution in [2.75, 3.05) is 6.61 Å². The van der Waals surface area contributed by atoms with Gasteiger partial charge < -0.3 is 4.74 Å². The molecule has 0 amide bonds. The van der Waals surface area contributed by atoms with Crippen LogP contribution in [-0.2, 0) is 17.8 Å². The highest BCUT2D eigenvalue weighted by Gasteiger charge is 2.15. The Kier molecular flexibility index (Phi) is 2.33. The molecule has 0 fully saturated rings. The Bertz CT molecular complexity index is 385. The number of hydrogen-bond donors (Lipinski definition) is 0. The number of carbonyl (C=O) groups excluding carboxylic acids is 1. The second kappa shape index (κ2) is 3.50. The maximum atomic E-state index is 11.2. The molecule has 14 heavy (non-hydrogen) atoms. The minimum absolute atomic E-state index is 0.0153. The van der Waals surface area contributed by atoms with Crippen LogP contribution in [0.4, 0.5) is 0 Å². The molecule has 1 aromatic heterocycles. The smallest absolute Gasteiger partial charge is 0.178 e. The summed E-state index contributed by atoms with van der Waals surface area (Å²) < 4.78 is 5.31. The molecule has 2 rings (SSSR count). The lowest BCUT2D eigenvalue weighted by Crippen LogP contribution is -2.15. The SMILES string of the molecule is CC(=O)c1cc(C)c2c(n1)COCC2. The van der Waals surface area contributed by atoms with E-state index in [0.717, 1.165) is 24.3 Å². The molecule has 1 aliphatic heterocycles. The predicted octanol–water partition coefficient (Wildman–Crippen LogP) is 1.67. The molecule has 0 saturated heterocycles. The van der Waals surface area contributed by atoms with Crippen molar-refractivity contribution in [1.29, 1.82) is 0 Å². The van der Waals surface area contributed by atoms with Crippen LogP contribution in [0, 0.1) is 6.92 Å². The van der Waals surface area contributed by atoms with Crippen LogP contribution in [0.15, 0.2) is 6.07 Å². The van der Waals surface area contributed by atoms with E-state index in [9.17, 15) is 4.79 Å². The largest absolute Gasteiger partial charge is 0.375 e. The maximum Gasteiger partial charge on any atom is 0.178 e. The number of rotatable bonds is 1. The van der Waals surface area contributed by atoms with Crippen LogP contribution in [0.1, 0.15) is 34.2 Å². The van der Waals surface area contributed by atoms with E-state index in [1.54, 1.807) is 0 Å². The number of aryl methyl sites for hydroxylation is 1. The molecule has 3 heteroatoms. The standard InChI is InChI=1S/C11H13NO2/c1-7-5-10(8(2)13)12-11-6-14-4-3-9(7)11/h5H,3-4,6H2,1-2H3. The van der Waals surface area contributed by atoms with Gasteiger partial charge in [-0.05, 0) is 30.5 Å². The maximum absolute atomic E-state index is 11.2. The summed E-state index contributed by atoms with van der Waals surface area (Å²) in [7, 11) is 0. The molecule has 3 nitrogen and oxygen atoms in total. The molecule has 0 radical (unpaired) electrons. The molecule has 0 N–H and O–H groups in total. The first-order valence-electron chi connectivity index (χ1n) is 4.76. The van der Waals surface area contributed by atoms with Gasteiger partial charge in [-0.25, -0.2) is 4.98 Å². The Balaban J connectivity index is 2.51. The summed E-state index contributed by atoms with van der Waals surface area (Å²) in [5, 5.41) is 0. The van der Waals surface area contributed by atoms with Crippen molar-refractivity contribution in [3.8, 4) is 0 Å². The minimum atomic E-state index is 0.0153. The van der Waals surface area contributed by atoms with E-state index in [0.29, 0.717) is 12.3 Å². The van der Waals surface area contributed by atoms with Gasteiger partial charge in [0.05, 0.1) is 18.9 Å². The zero-order valence-corrected chi connectivity index (χ0v) is 8.46. The molecule has 0 spiro atoms. The van der Waals surface area contributed by atoms with E-state index in [1.807, 2.05) is 13.0 Å². The van der Waals surface area contributed by atoms with Crippen LogP contribution in [0.3, 0.4) is 0 Å². The monoisotopic (exact) mass is 191 g/mol. The number of ketones is 1. The predicted molar refractivity (Wildman–Crippen MR) is 52.3 cm³/mol. The van der Waals surface area contributed by atoms with Crippen molar-refractivity contribution >= 4 is 5.78 Å². The van der Waals surface area contributed by atoms with Gasteiger partial charge in [0.25, 0.3) is 0 Å². The van der Waals surface area contributed by atoms with Crippen molar-refractivity contribution in [3.63, 3.8) is 0 Å². The Hall–Kier alpha value is -1.22. The van der Waals surface area contributed by atoms with Crippen molar-refractivity contribution in [1.82, 2.24) is 4.98 Å². The number of carbonyl (C=O) groups is 1. The van der Waals surface area contributed by atoms with Gasteiger partial charge in [-0.1, -0.05) is 0 Å². The zero-order valence-electron chi connectivity index (χ0n) is 8.46. The highest BCUT2D eigenvalue weighted by molar-refractivity contribution is 5.92. The van der Waals surface area contributed by atoms with Gasteiger partial charge in [-0.2, -0.15) is 0 Å². The van der Waals surface area contributed by atoms with Crippen LogP contribution < -0.4 is 0 Å². The first-order chi connectivity index (χ1) is 6.68. The molecule has 0 aromatic carbocycles. The highest BCUT2D eigenvalue weighted by atomic mass is 16.5. The molecule has 0 aliphatic carbocycles. The van der Waals surface area contributed by atoms with E-state index in [4.69, 9.17) is 4.74 Å². The Morgan fingerprint density at radius 3 is 3.07 bits per heavy atom. The van der Waals surface area contributed by atoms with Gasteiger partial charge in [0, 0.05) is 6.92 Å². The van der Waals surface area contributed by atoms with E-state index < -0.39 is 0 Å². The summed E-state index contributed by atoms with van der Waals surface area (Å²) in [4.78, 5) is 15.5. The first-order valence-corrected chi connectivity index (χ1v) is 4.76. The van der Waals surface area contributed by atoms with Crippen molar-refractivity contribution in [2.24, 2.45) is 0 Å². The van der Waals surface area contributed by atoms with Gasteiger partial charge >= 0.3 is 0 Å². The molecular weight excluding hydrogens is 178 g/mol. The lowest BCUT2D eigenvalue weighted by atomic mass is 10.0. The third-order valence-corrected chi connectivity index (χ3v) is 2.53. The Labute approximate surface area is 83.1 Å². The number of aromatic nitrogens is 1. The Morgan fingerprint density at radius 2 is 2.36 bits per heavy atom. The topological polar surface area (TPSA) is 39.2 Å². The molecule has 74 valence electrons. The van der Waals surface area contributed by atoms with Gasteiger partial charge in [0.2, 0.25) is 0 Å². The van der Waals surface area contributed by atoms with Gasteiger partial charge in [-0.15, -0.1) is 0 Å². The minimum Gasteiger partial charge on any atom is -0.375 e. The number of pyridine rings is 1. The fourth-order valence-corrected chi connectivity index (χ4v) is 1.75. The quantitative estimate of drug-likeness (QED) is 0.634. The van der Waals surface area contributed by atoms with Gasteiger partial charge in [0.15, 0.2) is 5.78 Å². The third kappa shape index (κ3) is 1.55. The van der Waals surface area contributed by atoms with Crippen molar-refractivity contribution in [2.45, 2.75) is 26.9 Å². The fraction of sp³-hybridized carbons (Fsp3) is 0.455. The molecule has 2 heterocycles. The number of nitrogens with zero attached hydrogens (tertiary/aromatic N) is 1. The van der Waals surface area contributed by atoms with E-state index in [1.165, 1.54) is 12.5 Å². The summed E-state index contributed by atoms with van der Waals surface area (Å²) in [6, 6.07) is 1.87. The number of ether oxygens (including phenoxy) is 1. The van der Waals surface area contributed by atoms with Crippen LogP contribution in [0.2, 0.25) is 0 Å². The molecular formula is C11H13NO2. The zero-order chi connectivity index (χ0) is 10.1. The lowest BCUT2D eigenvalue weighted by molar-refractivity contribution is 0.0995. The molecule has 1 aromatic rings. The van der Waals surface area contributed by atoms with E-state index in [-0.39, 0.29) is 5.78 Å². The summed E-state index contributed by atoms with van der Waals surface area (Å²) in [5.41, 5.74) is 3.89. The lowest BCUT2D eigenvalue weighted by Gasteiger charge is -2.18. The molecule has 0 atom stereocenters. The molecule has 1 aliphatic rings.